The van der Waals surface area contributed by atoms with Gasteiger partial charge in [0, 0.05) is 30.1 Å². The molecule has 0 radical (unpaired) electrons. The Kier molecular flexibility index (Phi) is 10.2. The molecule has 10 nitrogen and oxygen atoms in total. The van der Waals surface area contributed by atoms with E-state index in [-0.39, 0.29) is 25.0 Å². The fourth-order valence-corrected chi connectivity index (χ4v) is 6.53. The standard InChI is InChI=1S/C33H39N3O7S/c1-23(37)21-34-33(32(38)36(3)27-9-5-6-10-31(27)44-33)26-19-24(39-4)11-13-28(26)41-17-8-7-15-35(2)16-18-40-25-12-14-29-30(20-25)43-22-42-29/h5-6,9-14,19-20,34H,7-8,15-18,21-22H2,1-4H3. The van der Waals surface area contributed by atoms with Crippen LogP contribution < -0.4 is 33.9 Å². The number of amides is 1. The highest BCUT2D eigenvalue weighted by molar-refractivity contribution is 8.01. The molecule has 11 heteroatoms. The Balaban J connectivity index is 1.20. The molecular weight excluding hydrogens is 582 g/mol. The van der Waals surface area contributed by atoms with Crippen LogP contribution in [-0.4, -0.2) is 77.4 Å². The van der Waals surface area contributed by atoms with Crippen molar-refractivity contribution in [2.45, 2.75) is 29.5 Å². The van der Waals surface area contributed by atoms with E-state index in [0.29, 0.717) is 36.0 Å². The number of rotatable bonds is 15. The van der Waals surface area contributed by atoms with Gasteiger partial charge in [-0.15, -0.1) is 0 Å². The van der Waals surface area contributed by atoms with Crippen molar-refractivity contribution in [1.29, 1.82) is 0 Å². The van der Waals surface area contributed by atoms with Crippen LogP contribution >= 0.6 is 11.8 Å². The number of ketones is 1. The van der Waals surface area contributed by atoms with Gasteiger partial charge in [-0.25, -0.2) is 0 Å². The number of fused-ring (bicyclic) bond motifs is 2. The summed E-state index contributed by atoms with van der Waals surface area (Å²) in [5, 5.41) is 3.28. The SMILES string of the molecule is COc1ccc(OCCCCN(C)CCOc2ccc3c(c2)OCO3)c(C2(NCC(C)=O)Sc3ccccc3N(C)C2=O)c1. The van der Waals surface area contributed by atoms with Crippen LogP contribution in [-0.2, 0) is 14.5 Å². The van der Waals surface area contributed by atoms with Crippen LogP contribution in [0.2, 0.25) is 0 Å². The molecule has 1 unspecified atom stereocenters. The summed E-state index contributed by atoms with van der Waals surface area (Å²) in [5.74, 6) is 3.10. The second-order valence-corrected chi connectivity index (χ2v) is 12.0. The van der Waals surface area contributed by atoms with Crippen LogP contribution in [0.3, 0.4) is 0 Å². The van der Waals surface area contributed by atoms with Crippen LogP contribution in [0.1, 0.15) is 25.3 Å². The van der Waals surface area contributed by atoms with Crippen molar-refractivity contribution in [3.05, 3.63) is 66.2 Å². The van der Waals surface area contributed by atoms with Crippen molar-refractivity contribution in [1.82, 2.24) is 10.2 Å². The lowest BCUT2D eigenvalue weighted by Gasteiger charge is -2.41. The highest BCUT2D eigenvalue weighted by Gasteiger charge is 2.49. The van der Waals surface area contributed by atoms with Crippen LogP contribution in [0.15, 0.2) is 65.6 Å². The van der Waals surface area contributed by atoms with Gasteiger partial charge >= 0.3 is 0 Å². The van der Waals surface area contributed by atoms with Gasteiger partial charge in [0.1, 0.15) is 29.6 Å². The maximum Gasteiger partial charge on any atom is 0.262 e. The number of nitrogens with zero attached hydrogens (tertiary/aromatic N) is 2. The predicted octanol–water partition coefficient (Wildman–Crippen LogP) is 4.69. The number of nitrogens with one attached hydrogen (secondary N) is 1. The number of anilines is 1. The topological polar surface area (TPSA) is 98.8 Å². The molecule has 1 atom stereocenters. The average molecular weight is 622 g/mol. The lowest BCUT2D eigenvalue weighted by molar-refractivity contribution is -0.122. The van der Waals surface area contributed by atoms with E-state index in [1.54, 1.807) is 19.1 Å². The van der Waals surface area contributed by atoms with E-state index >= 15 is 0 Å². The zero-order valence-electron chi connectivity index (χ0n) is 25.6. The fourth-order valence-electron chi connectivity index (χ4n) is 5.10. The zero-order valence-corrected chi connectivity index (χ0v) is 26.4. The first-order chi connectivity index (χ1) is 21.3. The molecule has 3 aromatic carbocycles. The Hall–Kier alpha value is -3.93. The minimum Gasteiger partial charge on any atom is -0.497 e. The Labute approximate surface area is 262 Å². The first kappa shape index (κ1) is 31.5. The molecule has 1 amide bonds. The van der Waals surface area contributed by atoms with Crippen LogP contribution in [0.5, 0.6) is 28.7 Å². The minimum absolute atomic E-state index is 0.0239. The maximum atomic E-state index is 14.1. The second-order valence-electron chi connectivity index (χ2n) is 10.8. The third-order valence-corrected chi connectivity index (χ3v) is 8.94. The van der Waals surface area contributed by atoms with Crippen molar-refractivity contribution in [3.8, 4) is 28.7 Å². The molecule has 44 heavy (non-hydrogen) atoms. The third-order valence-electron chi connectivity index (χ3n) is 7.53. The zero-order chi connectivity index (χ0) is 31.1. The molecule has 5 rings (SSSR count). The molecule has 0 spiro atoms. The summed E-state index contributed by atoms with van der Waals surface area (Å²) in [4.78, 5) is 29.7. The van der Waals surface area contributed by atoms with Gasteiger partial charge in [0.15, 0.2) is 16.4 Å². The summed E-state index contributed by atoms with van der Waals surface area (Å²) in [6.45, 7) is 4.44. The second kappa shape index (κ2) is 14.2. The molecule has 2 aliphatic heterocycles. The molecule has 0 aliphatic carbocycles. The lowest BCUT2D eigenvalue weighted by atomic mass is 10.0. The van der Waals surface area contributed by atoms with E-state index in [9.17, 15) is 9.59 Å². The number of carbonyl (C=O) groups excluding carboxylic acids is 2. The van der Waals surface area contributed by atoms with Crippen molar-refractivity contribution in [3.63, 3.8) is 0 Å². The number of thioether (sulfide) groups is 1. The van der Waals surface area contributed by atoms with E-state index < -0.39 is 4.87 Å². The summed E-state index contributed by atoms with van der Waals surface area (Å²) < 4.78 is 28.5. The molecule has 2 heterocycles. The smallest absolute Gasteiger partial charge is 0.262 e. The Morgan fingerprint density at radius 1 is 1.00 bits per heavy atom. The normalized spacial score (nSPS) is 17.0. The number of hydrogen-bond acceptors (Lipinski definition) is 10. The van der Waals surface area contributed by atoms with Gasteiger partial charge in [-0.2, -0.15) is 0 Å². The summed E-state index contributed by atoms with van der Waals surface area (Å²) >= 11 is 1.38. The van der Waals surface area contributed by atoms with Crippen molar-refractivity contribution < 1.29 is 33.3 Å². The highest BCUT2D eigenvalue weighted by atomic mass is 32.2. The van der Waals surface area contributed by atoms with E-state index in [2.05, 4.69) is 17.3 Å². The van der Waals surface area contributed by atoms with Crippen molar-refractivity contribution in [2.75, 3.05) is 65.7 Å². The van der Waals surface area contributed by atoms with Gasteiger partial charge in [0.25, 0.3) is 5.91 Å². The number of carbonyl (C=O) groups is 2. The van der Waals surface area contributed by atoms with Crippen LogP contribution in [0.4, 0.5) is 5.69 Å². The summed E-state index contributed by atoms with van der Waals surface area (Å²) in [5.41, 5.74) is 1.44. The molecule has 0 aromatic heterocycles. The number of likely N-dealkylation sites (N-methyl/N-ethyl adjacent to an activating group) is 2. The number of unbranched alkanes of at least 4 members (excludes halogenated alkanes) is 1. The Morgan fingerprint density at radius 2 is 1.80 bits per heavy atom. The first-order valence-corrected chi connectivity index (χ1v) is 15.5. The van der Waals surface area contributed by atoms with E-state index in [1.165, 1.54) is 18.7 Å². The molecule has 0 saturated carbocycles. The number of para-hydroxylation sites is 1. The molecule has 0 saturated heterocycles. The van der Waals surface area contributed by atoms with Gasteiger partial charge in [0.2, 0.25) is 6.79 Å². The van der Waals surface area contributed by atoms with Crippen molar-refractivity contribution in [2.24, 2.45) is 0 Å². The number of benzene rings is 3. The van der Waals surface area contributed by atoms with E-state index in [0.717, 1.165) is 48.0 Å². The van der Waals surface area contributed by atoms with Gasteiger partial charge in [-0.3, -0.25) is 14.9 Å². The van der Waals surface area contributed by atoms with Crippen molar-refractivity contribution >= 4 is 29.1 Å². The largest absolute Gasteiger partial charge is 0.497 e. The van der Waals surface area contributed by atoms with Gasteiger partial charge in [0.05, 0.1) is 25.9 Å². The van der Waals surface area contributed by atoms with Crippen LogP contribution in [0.25, 0.3) is 0 Å². The third kappa shape index (κ3) is 7.06. The molecule has 1 N–H and O–H groups in total. The molecule has 0 fully saturated rings. The van der Waals surface area contributed by atoms with E-state index in [4.69, 9.17) is 23.7 Å². The molecule has 3 aromatic rings. The van der Waals surface area contributed by atoms with Gasteiger partial charge < -0.3 is 33.5 Å². The summed E-state index contributed by atoms with van der Waals surface area (Å²) in [6, 6.07) is 18.8. The fraction of sp³-hybridized carbons (Fsp3) is 0.394. The minimum atomic E-state index is -1.28. The molecule has 0 bridgehead atoms. The summed E-state index contributed by atoms with van der Waals surface area (Å²) in [7, 11) is 5.40. The number of methoxy groups -OCH3 is 1. The van der Waals surface area contributed by atoms with Crippen LogP contribution in [0, 0.1) is 0 Å². The molecular formula is C33H39N3O7S. The highest BCUT2D eigenvalue weighted by Crippen LogP contribution is 2.51. The Bertz CT molecular complexity index is 1490. The monoisotopic (exact) mass is 621 g/mol. The molecule has 2 aliphatic rings. The Morgan fingerprint density at radius 3 is 2.61 bits per heavy atom. The lowest BCUT2D eigenvalue weighted by Crippen LogP contribution is -2.55. The quantitative estimate of drug-likeness (QED) is 0.241. The number of Topliss-reactive ketones (excluding diaryl/α,β-unsaturated/α-hetero) is 1. The van der Waals surface area contributed by atoms with Gasteiger partial charge in [-0.1, -0.05) is 23.9 Å². The summed E-state index contributed by atoms with van der Waals surface area (Å²) in [6.07, 6.45) is 1.74. The predicted molar refractivity (Wildman–Crippen MR) is 169 cm³/mol. The number of hydrogen-bond donors (Lipinski definition) is 1. The van der Waals surface area contributed by atoms with E-state index in [1.807, 2.05) is 60.7 Å². The average Bonchev–Trinajstić information content (AvgIpc) is 3.50. The molecule has 234 valence electrons. The van der Waals surface area contributed by atoms with Gasteiger partial charge in [-0.05, 0) is 75.8 Å². The first-order valence-electron chi connectivity index (χ1n) is 14.6. The maximum absolute atomic E-state index is 14.1. The number of ether oxygens (including phenoxy) is 5.